The lowest BCUT2D eigenvalue weighted by molar-refractivity contribution is -0.142. The molecule has 35 heavy (non-hydrogen) atoms. The fourth-order valence-corrected chi connectivity index (χ4v) is 6.12. The van der Waals surface area contributed by atoms with Crippen molar-refractivity contribution in [3.05, 3.63) is 101 Å². The van der Waals surface area contributed by atoms with Crippen molar-refractivity contribution in [1.29, 1.82) is 0 Å². The molecule has 6 nitrogen and oxygen atoms in total. The number of carbonyl (C=O) groups is 3. The van der Waals surface area contributed by atoms with E-state index >= 15 is 0 Å². The minimum atomic E-state index is -1.25. The second-order valence-corrected chi connectivity index (χ2v) is 9.82. The van der Waals surface area contributed by atoms with E-state index in [9.17, 15) is 14.4 Å². The van der Waals surface area contributed by atoms with Gasteiger partial charge < -0.3 is 5.32 Å². The first-order chi connectivity index (χ1) is 17.0. The largest absolute Gasteiger partial charge is 0.324 e. The molecule has 2 N–H and O–H groups in total. The fourth-order valence-electron chi connectivity index (χ4n) is 6.12. The van der Waals surface area contributed by atoms with Crippen molar-refractivity contribution in [2.75, 3.05) is 11.9 Å². The number of benzene rings is 3. The van der Waals surface area contributed by atoms with Crippen LogP contribution in [0.25, 0.3) is 0 Å². The summed E-state index contributed by atoms with van der Waals surface area (Å²) in [7, 11) is 0. The zero-order chi connectivity index (χ0) is 24.2. The van der Waals surface area contributed by atoms with Gasteiger partial charge in [0.1, 0.15) is 5.54 Å². The highest BCUT2D eigenvalue weighted by Crippen LogP contribution is 2.53. The molecule has 2 fully saturated rings. The first-order valence-electron chi connectivity index (χ1n) is 12.1. The maximum absolute atomic E-state index is 13.9. The molecule has 3 aromatic carbocycles. The molecular weight excluding hydrogens is 438 g/mol. The number of imide groups is 1. The summed E-state index contributed by atoms with van der Waals surface area (Å²) in [6.07, 6.45) is 1.15. The highest BCUT2D eigenvalue weighted by Gasteiger charge is 2.70. The third kappa shape index (κ3) is 3.32. The van der Waals surface area contributed by atoms with Gasteiger partial charge in [-0.2, -0.15) is 0 Å². The SMILES string of the molecule is Cc1ccc2c(c1)C1(NC(Cc3ccccc3)C3C(=O)N(CCc4ccccc4)C(=O)C31)C(=O)N2. The van der Waals surface area contributed by atoms with Crippen LogP contribution in [0.5, 0.6) is 0 Å². The molecule has 2 saturated heterocycles. The Morgan fingerprint density at radius 1 is 0.857 bits per heavy atom. The molecule has 176 valence electrons. The number of likely N-dealkylation sites (tertiary alicyclic amines) is 1. The van der Waals surface area contributed by atoms with Crippen molar-refractivity contribution in [1.82, 2.24) is 10.2 Å². The Bertz CT molecular complexity index is 1320. The van der Waals surface area contributed by atoms with E-state index in [4.69, 9.17) is 0 Å². The summed E-state index contributed by atoms with van der Waals surface area (Å²) in [5.41, 5.74) is 3.35. The maximum atomic E-state index is 13.9. The molecule has 3 heterocycles. The fraction of sp³-hybridized carbons (Fsp3) is 0.276. The van der Waals surface area contributed by atoms with E-state index in [-0.39, 0.29) is 23.8 Å². The molecule has 3 aromatic rings. The highest BCUT2D eigenvalue weighted by atomic mass is 16.2. The molecule has 6 heteroatoms. The van der Waals surface area contributed by atoms with Gasteiger partial charge in [0, 0.05) is 23.8 Å². The van der Waals surface area contributed by atoms with Crippen molar-refractivity contribution in [3.8, 4) is 0 Å². The number of nitrogens with one attached hydrogen (secondary N) is 2. The van der Waals surface area contributed by atoms with Crippen LogP contribution < -0.4 is 10.6 Å². The molecule has 3 amide bonds. The minimum absolute atomic E-state index is 0.185. The van der Waals surface area contributed by atoms with Crippen LogP contribution in [0.4, 0.5) is 5.69 Å². The average Bonchev–Trinajstić information content (AvgIpc) is 3.44. The van der Waals surface area contributed by atoms with Crippen LogP contribution in [0.3, 0.4) is 0 Å². The third-order valence-corrected chi connectivity index (χ3v) is 7.73. The van der Waals surface area contributed by atoms with Crippen molar-refractivity contribution >= 4 is 23.4 Å². The number of rotatable bonds is 5. The van der Waals surface area contributed by atoms with Gasteiger partial charge in [0.05, 0.1) is 11.8 Å². The lowest BCUT2D eigenvalue weighted by atomic mass is 9.76. The second kappa shape index (κ2) is 8.17. The van der Waals surface area contributed by atoms with Gasteiger partial charge in [-0.3, -0.25) is 24.6 Å². The van der Waals surface area contributed by atoms with Crippen molar-refractivity contribution in [3.63, 3.8) is 0 Å². The van der Waals surface area contributed by atoms with Crippen LogP contribution in [-0.4, -0.2) is 35.2 Å². The Balaban J connectivity index is 1.41. The Morgan fingerprint density at radius 3 is 2.26 bits per heavy atom. The van der Waals surface area contributed by atoms with Crippen LogP contribution in [0.15, 0.2) is 78.9 Å². The van der Waals surface area contributed by atoms with E-state index in [2.05, 4.69) is 10.6 Å². The summed E-state index contributed by atoms with van der Waals surface area (Å²) in [4.78, 5) is 42.7. The van der Waals surface area contributed by atoms with Gasteiger partial charge in [-0.15, -0.1) is 0 Å². The maximum Gasteiger partial charge on any atom is 0.250 e. The molecule has 0 saturated carbocycles. The molecule has 0 bridgehead atoms. The molecular formula is C29H27N3O3. The van der Waals surface area contributed by atoms with Crippen LogP contribution in [0, 0.1) is 18.8 Å². The quantitative estimate of drug-likeness (QED) is 0.568. The minimum Gasteiger partial charge on any atom is -0.324 e. The molecule has 0 aromatic heterocycles. The van der Waals surface area contributed by atoms with Gasteiger partial charge in [-0.25, -0.2) is 0 Å². The van der Waals surface area contributed by atoms with Gasteiger partial charge in [-0.05, 0) is 37.0 Å². The zero-order valence-corrected chi connectivity index (χ0v) is 19.5. The first-order valence-corrected chi connectivity index (χ1v) is 12.1. The van der Waals surface area contributed by atoms with E-state index in [1.807, 2.05) is 85.8 Å². The summed E-state index contributed by atoms with van der Waals surface area (Å²) in [6.45, 7) is 2.28. The number of anilines is 1. The lowest BCUT2D eigenvalue weighted by Gasteiger charge is -2.29. The second-order valence-electron chi connectivity index (χ2n) is 9.82. The lowest BCUT2D eigenvalue weighted by Crippen LogP contribution is -2.53. The standard InChI is InChI=1S/C29H27N3O3/c1-18-12-13-22-21(16-18)29(28(35)30-22)25-24(23(31-29)17-20-10-6-3-7-11-20)26(33)32(27(25)34)15-14-19-8-4-2-5-9-19/h2-13,16,23-25,31H,14-15,17H2,1H3,(H,30,35). The Labute approximate surface area is 204 Å². The van der Waals surface area contributed by atoms with Crippen molar-refractivity contribution in [2.24, 2.45) is 11.8 Å². The zero-order valence-electron chi connectivity index (χ0n) is 19.5. The molecule has 6 rings (SSSR count). The number of nitrogens with zero attached hydrogens (tertiary/aromatic N) is 1. The molecule has 4 unspecified atom stereocenters. The van der Waals surface area contributed by atoms with Gasteiger partial charge in [0.25, 0.3) is 0 Å². The molecule has 1 spiro atoms. The molecule has 4 atom stereocenters. The number of carbonyl (C=O) groups excluding carboxylic acids is 3. The molecule has 3 aliphatic heterocycles. The smallest absolute Gasteiger partial charge is 0.250 e. The van der Waals surface area contributed by atoms with Gasteiger partial charge in [0.2, 0.25) is 17.7 Å². The number of hydrogen-bond acceptors (Lipinski definition) is 4. The first kappa shape index (κ1) is 21.7. The van der Waals surface area contributed by atoms with Crippen LogP contribution in [0.1, 0.15) is 22.3 Å². The van der Waals surface area contributed by atoms with E-state index in [1.165, 1.54) is 4.90 Å². The molecule has 0 aliphatic carbocycles. The van der Waals surface area contributed by atoms with Crippen molar-refractivity contribution in [2.45, 2.75) is 31.3 Å². The normalized spacial score (nSPS) is 26.8. The van der Waals surface area contributed by atoms with Gasteiger partial charge >= 0.3 is 0 Å². The van der Waals surface area contributed by atoms with Gasteiger partial charge in [-0.1, -0.05) is 78.4 Å². The van der Waals surface area contributed by atoms with Gasteiger partial charge in [0.15, 0.2) is 0 Å². The summed E-state index contributed by atoms with van der Waals surface area (Å²) in [6, 6.07) is 25.2. The predicted octanol–water partition coefficient (Wildman–Crippen LogP) is 3.20. The van der Waals surface area contributed by atoms with E-state index in [0.717, 1.165) is 22.3 Å². The predicted molar refractivity (Wildman–Crippen MR) is 132 cm³/mol. The van der Waals surface area contributed by atoms with Crippen LogP contribution in [0.2, 0.25) is 0 Å². The Kier molecular flexibility index (Phi) is 5.07. The van der Waals surface area contributed by atoms with E-state index in [1.54, 1.807) is 0 Å². The van der Waals surface area contributed by atoms with Crippen LogP contribution in [-0.2, 0) is 32.8 Å². The van der Waals surface area contributed by atoms with Crippen LogP contribution >= 0.6 is 0 Å². The number of fused-ring (bicyclic) bond motifs is 4. The summed E-state index contributed by atoms with van der Waals surface area (Å²) < 4.78 is 0. The summed E-state index contributed by atoms with van der Waals surface area (Å²) >= 11 is 0. The Hall–Kier alpha value is -3.77. The highest BCUT2D eigenvalue weighted by molar-refractivity contribution is 6.15. The average molecular weight is 466 g/mol. The molecule has 3 aliphatic rings. The Morgan fingerprint density at radius 2 is 1.54 bits per heavy atom. The monoisotopic (exact) mass is 465 g/mol. The summed E-state index contributed by atoms with van der Waals surface area (Å²) in [5, 5.41) is 6.50. The third-order valence-electron chi connectivity index (χ3n) is 7.73. The van der Waals surface area contributed by atoms with E-state index < -0.39 is 17.4 Å². The van der Waals surface area contributed by atoms with E-state index in [0.29, 0.717) is 25.1 Å². The summed E-state index contributed by atoms with van der Waals surface area (Å²) in [5.74, 6) is -2.08. The number of hydrogen-bond donors (Lipinski definition) is 2. The topological polar surface area (TPSA) is 78.5 Å². The molecule has 0 radical (unpaired) electrons. The number of aryl methyl sites for hydroxylation is 1. The number of amides is 3. The van der Waals surface area contributed by atoms with Crippen molar-refractivity contribution < 1.29 is 14.4 Å².